The van der Waals surface area contributed by atoms with Gasteiger partial charge in [0.25, 0.3) is 0 Å². The summed E-state index contributed by atoms with van der Waals surface area (Å²) in [5, 5.41) is 0. The molecule has 0 aromatic carbocycles. The quantitative estimate of drug-likeness (QED) is 0.0213. The number of allylic oxidation sites excluding steroid dienone is 6. The van der Waals surface area contributed by atoms with Crippen molar-refractivity contribution in [2.75, 3.05) is 47.5 Å². The number of phosphoric acid groups is 1. The van der Waals surface area contributed by atoms with Gasteiger partial charge in [0.15, 0.2) is 6.10 Å². The zero-order chi connectivity index (χ0) is 42.1. The van der Waals surface area contributed by atoms with Crippen LogP contribution in [0.5, 0.6) is 0 Å². The molecule has 0 aliphatic rings. The van der Waals surface area contributed by atoms with Crippen LogP contribution in [0.25, 0.3) is 0 Å². The Morgan fingerprint density at radius 3 is 1.47 bits per heavy atom. The number of likely N-dealkylation sites (N-methyl/N-ethyl adjacent to an activating group) is 1. The molecule has 0 radical (unpaired) electrons. The fourth-order valence-corrected chi connectivity index (χ4v) is 7.11. The molecule has 0 aliphatic heterocycles. The summed E-state index contributed by atoms with van der Waals surface area (Å²) >= 11 is 0. The molecule has 2 atom stereocenters. The van der Waals surface area contributed by atoms with Crippen LogP contribution in [0.15, 0.2) is 36.5 Å². The van der Waals surface area contributed by atoms with Gasteiger partial charge in [-0.2, -0.15) is 0 Å². The number of ether oxygens (including phenoxy) is 2. The molecule has 0 aromatic rings. The van der Waals surface area contributed by atoms with Crippen molar-refractivity contribution in [2.45, 2.75) is 206 Å². The van der Waals surface area contributed by atoms with Gasteiger partial charge in [-0.25, -0.2) is 4.57 Å². The van der Waals surface area contributed by atoms with E-state index in [-0.39, 0.29) is 32.0 Å². The number of unbranched alkanes of at least 4 members (excludes halogenated alkanes) is 24. The van der Waals surface area contributed by atoms with E-state index in [9.17, 15) is 19.0 Å². The summed E-state index contributed by atoms with van der Waals surface area (Å²) < 4.78 is 34.3. The maximum atomic E-state index is 12.7. The molecule has 57 heavy (non-hydrogen) atoms. The van der Waals surface area contributed by atoms with E-state index in [0.717, 1.165) is 57.8 Å². The van der Waals surface area contributed by atoms with Gasteiger partial charge in [-0.3, -0.25) is 18.6 Å². The Hall–Kier alpha value is -1.77. The summed E-state index contributed by atoms with van der Waals surface area (Å²) in [6.07, 6.45) is 44.9. The molecule has 0 rings (SSSR count). The summed E-state index contributed by atoms with van der Waals surface area (Å²) in [6, 6.07) is 0. The maximum Gasteiger partial charge on any atom is 0.472 e. The second kappa shape index (κ2) is 39.7. The van der Waals surface area contributed by atoms with Crippen LogP contribution >= 0.6 is 7.82 Å². The van der Waals surface area contributed by atoms with Gasteiger partial charge in [-0.05, 0) is 32.1 Å². The lowest BCUT2D eigenvalue weighted by molar-refractivity contribution is -0.870. The Morgan fingerprint density at radius 2 is 1.00 bits per heavy atom. The molecular formula is C47H89NO8P+. The van der Waals surface area contributed by atoms with E-state index < -0.39 is 26.5 Å². The van der Waals surface area contributed by atoms with Crippen molar-refractivity contribution in [3.8, 4) is 0 Å². The lowest BCUT2D eigenvalue weighted by atomic mass is 10.0. The predicted octanol–water partition coefficient (Wildman–Crippen LogP) is 13.3. The Labute approximate surface area is 351 Å². The van der Waals surface area contributed by atoms with E-state index in [1.54, 1.807) is 0 Å². The van der Waals surface area contributed by atoms with Gasteiger partial charge in [-0.15, -0.1) is 0 Å². The predicted molar refractivity (Wildman–Crippen MR) is 238 cm³/mol. The molecule has 1 N–H and O–H groups in total. The number of esters is 2. The Bertz CT molecular complexity index is 1070. The number of hydrogen-bond donors (Lipinski definition) is 1. The van der Waals surface area contributed by atoms with Gasteiger partial charge >= 0.3 is 19.8 Å². The van der Waals surface area contributed by atoms with Crippen LogP contribution in [0, 0.1) is 0 Å². The smallest absolute Gasteiger partial charge is 0.462 e. The van der Waals surface area contributed by atoms with Gasteiger partial charge in [-0.1, -0.05) is 192 Å². The molecular weight excluding hydrogens is 737 g/mol. The number of carbonyl (C=O) groups excluding carboxylic acids is 2. The van der Waals surface area contributed by atoms with Crippen LogP contribution < -0.4 is 0 Å². The van der Waals surface area contributed by atoms with Crippen molar-refractivity contribution in [3.63, 3.8) is 0 Å². The minimum absolute atomic E-state index is 0.0280. The first-order valence-electron chi connectivity index (χ1n) is 23.2. The molecule has 9 nitrogen and oxygen atoms in total. The van der Waals surface area contributed by atoms with Gasteiger partial charge in [0.2, 0.25) is 0 Å². The summed E-state index contributed by atoms with van der Waals surface area (Å²) in [4.78, 5) is 35.4. The average molecular weight is 827 g/mol. The van der Waals surface area contributed by atoms with E-state index >= 15 is 0 Å². The van der Waals surface area contributed by atoms with E-state index in [2.05, 4.69) is 38.2 Å². The number of phosphoric ester groups is 1. The number of rotatable bonds is 42. The molecule has 0 saturated heterocycles. The fourth-order valence-electron chi connectivity index (χ4n) is 6.37. The Balaban J connectivity index is 4.26. The Morgan fingerprint density at radius 1 is 0.561 bits per heavy atom. The third kappa shape index (κ3) is 43.6. The highest BCUT2D eigenvalue weighted by molar-refractivity contribution is 7.47. The molecule has 0 heterocycles. The van der Waals surface area contributed by atoms with Crippen LogP contribution in [0.4, 0.5) is 0 Å². The zero-order valence-corrected chi connectivity index (χ0v) is 38.5. The van der Waals surface area contributed by atoms with Crippen molar-refractivity contribution in [1.82, 2.24) is 0 Å². The highest BCUT2D eigenvalue weighted by atomic mass is 31.2. The topological polar surface area (TPSA) is 108 Å². The number of hydrogen-bond acceptors (Lipinski definition) is 7. The standard InChI is InChI=1S/C47H88NO8P/c1-6-8-10-12-14-16-18-20-21-22-23-24-25-26-28-29-31-33-35-37-39-46(49)53-43-45(44-55-57(51,52)54-42-41-48(3,4)5)56-47(50)40-38-36-34-32-30-27-19-17-15-13-11-9-7-2/h9,11,13,15,17,19,45H,6-8,10,12,14,16,18,20-44H2,1-5H3/p+1/b11-9+,15-13+,19-17+. The molecule has 2 unspecified atom stereocenters. The highest BCUT2D eigenvalue weighted by Gasteiger charge is 2.27. The first kappa shape index (κ1) is 55.2. The van der Waals surface area contributed by atoms with Crippen molar-refractivity contribution in [3.05, 3.63) is 36.5 Å². The van der Waals surface area contributed by atoms with E-state index in [1.807, 2.05) is 33.3 Å². The normalized spacial score (nSPS) is 13.9. The maximum absolute atomic E-state index is 12.7. The van der Waals surface area contributed by atoms with Gasteiger partial charge < -0.3 is 18.9 Å². The van der Waals surface area contributed by atoms with Crippen LogP contribution in [-0.4, -0.2) is 74.9 Å². The summed E-state index contributed by atoms with van der Waals surface area (Å²) in [5.74, 6) is -0.816. The lowest BCUT2D eigenvalue weighted by Gasteiger charge is -2.24. The molecule has 0 bridgehead atoms. The number of carbonyl (C=O) groups is 2. The lowest BCUT2D eigenvalue weighted by Crippen LogP contribution is -2.37. The molecule has 0 saturated carbocycles. The minimum atomic E-state index is -4.38. The van der Waals surface area contributed by atoms with E-state index in [4.69, 9.17) is 18.5 Å². The molecule has 0 fully saturated rings. The van der Waals surface area contributed by atoms with Crippen molar-refractivity contribution >= 4 is 19.8 Å². The van der Waals surface area contributed by atoms with Gasteiger partial charge in [0.05, 0.1) is 27.7 Å². The van der Waals surface area contributed by atoms with Crippen LogP contribution in [0.3, 0.4) is 0 Å². The monoisotopic (exact) mass is 827 g/mol. The molecule has 334 valence electrons. The van der Waals surface area contributed by atoms with Gasteiger partial charge in [0.1, 0.15) is 19.8 Å². The highest BCUT2D eigenvalue weighted by Crippen LogP contribution is 2.43. The number of nitrogens with zero attached hydrogens (tertiary/aromatic N) is 1. The molecule has 10 heteroatoms. The second-order valence-corrected chi connectivity index (χ2v) is 18.3. The molecule has 0 aliphatic carbocycles. The fraction of sp³-hybridized carbons (Fsp3) is 0.830. The van der Waals surface area contributed by atoms with Gasteiger partial charge in [0, 0.05) is 12.8 Å². The van der Waals surface area contributed by atoms with E-state index in [1.165, 1.54) is 109 Å². The molecule has 0 aromatic heterocycles. The Kier molecular flexibility index (Phi) is 38.4. The minimum Gasteiger partial charge on any atom is -0.462 e. The average Bonchev–Trinajstić information content (AvgIpc) is 3.16. The van der Waals surface area contributed by atoms with Crippen LogP contribution in [-0.2, 0) is 32.7 Å². The van der Waals surface area contributed by atoms with Crippen LogP contribution in [0.1, 0.15) is 200 Å². The summed E-state index contributed by atoms with van der Waals surface area (Å²) in [7, 11) is 1.46. The zero-order valence-electron chi connectivity index (χ0n) is 37.6. The largest absolute Gasteiger partial charge is 0.472 e. The molecule has 0 spiro atoms. The van der Waals surface area contributed by atoms with Crippen LogP contribution in [0.2, 0.25) is 0 Å². The first-order chi connectivity index (χ1) is 27.5. The second-order valence-electron chi connectivity index (χ2n) is 16.8. The molecule has 0 amide bonds. The summed E-state index contributed by atoms with van der Waals surface area (Å²) in [6.45, 7) is 4.28. The van der Waals surface area contributed by atoms with Crippen molar-refractivity contribution < 1.29 is 42.1 Å². The SMILES string of the molecule is CC/C=C/C=C/C=C/CCCCCCCC(=O)OC(COC(=O)CCCCCCCCCCCCCCCCCCCCCC)COP(=O)(O)OCC[N+](C)(C)C. The third-order valence-corrected chi connectivity index (χ3v) is 11.0. The van der Waals surface area contributed by atoms with Crippen molar-refractivity contribution in [2.24, 2.45) is 0 Å². The number of quaternary nitrogens is 1. The summed E-state index contributed by atoms with van der Waals surface area (Å²) in [5.41, 5.74) is 0. The van der Waals surface area contributed by atoms with Crippen molar-refractivity contribution in [1.29, 1.82) is 0 Å². The van der Waals surface area contributed by atoms with E-state index in [0.29, 0.717) is 17.4 Å². The third-order valence-electron chi connectivity index (χ3n) is 10.00. The first-order valence-corrected chi connectivity index (χ1v) is 24.7.